The van der Waals surface area contributed by atoms with Crippen LogP contribution in [0.25, 0.3) is 0 Å². The minimum Gasteiger partial charge on any atom is -0.296 e. The molecule has 0 radical (unpaired) electrons. The molecule has 82 valence electrons. The van der Waals surface area contributed by atoms with E-state index in [1.54, 1.807) is 12.1 Å². The molecule has 0 N–H and O–H groups in total. The van der Waals surface area contributed by atoms with Crippen molar-refractivity contribution >= 4 is 0 Å². The van der Waals surface area contributed by atoms with Gasteiger partial charge in [0.25, 0.3) is 0 Å². The molecule has 2 rings (SSSR count). The van der Waals surface area contributed by atoms with Crippen molar-refractivity contribution in [2.24, 2.45) is 0 Å². The van der Waals surface area contributed by atoms with Crippen LogP contribution in [0.15, 0.2) is 24.3 Å². The lowest BCUT2D eigenvalue weighted by molar-refractivity contribution is 0.239. The van der Waals surface area contributed by atoms with Crippen LogP contribution in [-0.2, 0) is 0 Å². The van der Waals surface area contributed by atoms with Crippen LogP contribution in [0.3, 0.4) is 0 Å². The fourth-order valence-electron chi connectivity index (χ4n) is 2.44. The van der Waals surface area contributed by atoms with Crippen LogP contribution in [0.1, 0.15) is 37.8 Å². The summed E-state index contributed by atoms with van der Waals surface area (Å²) < 4.78 is 12.8. The SMILES string of the molecule is CCC(c1ccc(F)cc1)N1CCCC1. The molecule has 1 atom stereocenters. The molecule has 1 aliphatic heterocycles. The second-order valence-electron chi connectivity index (χ2n) is 4.22. The molecule has 0 spiro atoms. The summed E-state index contributed by atoms with van der Waals surface area (Å²) in [5, 5.41) is 0. The summed E-state index contributed by atoms with van der Waals surface area (Å²) in [7, 11) is 0. The van der Waals surface area contributed by atoms with E-state index in [-0.39, 0.29) is 5.82 Å². The fourth-order valence-corrected chi connectivity index (χ4v) is 2.44. The van der Waals surface area contributed by atoms with Gasteiger partial charge in [-0.2, -0.15) is 0 Å². The first-order valence-corrected chi connectivity index (χ1v) is 5.81. The molecule has 15 heavy (non-hydrogen) atoms. The Bertz CT molecular complexity index is 301. The van der Waals surface area contributed by atoms with Crippen molar-refractivity contribution in [1.29, 1.82) is 0 Å². The highest BCUT2D eigenvalue weighted by Crippen LogP contribution is 2.27. The molecule has 1 aromatic rings. The first kappa shape index (κ1) is 10.6. The third-order valence-corrected chi connectivity index (χ3v) is 3.22. The van der Waals surface area contributed by atoms with E-state index in [4.69, 9.17) is 0 Å². The van der Waals surface area contributed by atoms with Crippen molar-refractivity contribution in [3.8, 4) is 0 Å². The molecule has 1 aliphatic rings. The lowest BCUT2D eigenvalue weighted by Crippen LogP contribution is -2.25. The van der Waals surface area contributed by atoms with Crippen LogP contribution in [-0.4, -0.2) is 18.0 Å². The number of hydrogen-bond donors (Lipinski definition) is 0. The van der Waals surface area contributed by atoms with Crippen molar-refractivity contribution < 1.29 is 4.39 Å². The molecular formula is C13H18FN. The minimum atomic E-state index is -0.143. The van der Waals surface area contributed by atoms with Crippen molar-refractivity contribution in [2.75, 3.05) is 13.1 Å². The van der Waals surface area contributed by atoms with Crippen molar-refractivity contribution in [1.82, 2.24) is 4.90 Å². The second-order valence-corrected chi connectivity index (χ2v) is 4.22. The molecule has 1 nitrogen and oxygen atoms in total. The van der Waals surface area contributed by atoms with E-state index < -0.39 is 0 Å². The van der Waals surface area contributed by atoms with E-state index in [0.717, 1.165) is 6.42 Å². The smallest absolute Gasteiger partial charge is 0.123 e. The van der Waals surface area contributed by atoms with Crippen molar-refractivity contribution in [2.45, 2.75) is 32.2 Å². The summed E-state index contributed by atoms with van der Waals surface area (Å²) in [6.07, 6.45) is 3.71. The largest absolute Gasteiger partial charge is 0.296 e. The first-order chi connectivity index (χ1) is 7.31. The average molecular weight is 207 g/mol. The number of likely N-dealkylation sites (tertiary alicyclic amines) is 1. The van der Waals surface area contributed by atoms with Gasteiger partial charge in [0.1, 0.15) is 5.82 Å². The van der Waals surface area contributed by atoms with Gasteiger partial charge in [-0.1, -0.05) is 19.1 Å². The summed E-state index contributed by atoms with van der Waals surface area (Å²) in [6, 6.07) is 7.44. The van der Waals surface area contributed by atoms with E-state index >= 15 is 0 Å². The van der Waals surface area contributed by atoms with Gasteiger partial charge in [0.15, 0.2) is 0 Å². The summed E-state index contributed by atoms with van der Waals surface area (Å²) in [5.74, 6) is -0.143. The number of hydrogen-bond acceptors (Lipinski definition) is 1. The number of halogens is 1. The molecule has 0 aromatic heterocycles. The van der Waals surface area contributed by atoms with Crippen LogP contribution in [0.4, 0.5) is 4.39 Å². The molecular weight excluding hydrogens is 189 g/mol. The molecule has 1 saturated heterocycles. The van der Waals surface area contributed by atoms with Gasteiger partial charge in [-0.05, 0) is 50.0 Å². The highest BCUT2D eigenvalue weighted by molar-refractivity contribution is 5.20. The molecule has 0 bridgehead atoms. The van der Waals surface area contributed by atoms with Gasteiger partial charge in [0.05, 0.1) is 0 Å². The van der Waals surface area contributed by atoms with E-state index in [1.807, 2.05) is 12.1 Å². The summed E-state index contributed by atoms with van der Waals surface area (Å²) in [5.41, 5.74) is 1.25. The topological polar surface area (TPSA) is 3.24 Å². The Labute approximate surface area is 90.9 Å². The van der Waals surface area contributed by atoms with E-state index in [2.05, 4.69) is 11.8 Å². The van der Waals surface area contributed by atoms with Crippen LogP contribution < -0.4 is 0 Å². The molecule has 0 saturated carbocycles. The highest BCUT2D eigenvalue weighted by Gasteiger charge is 2.21. The zero-order valence-corrected chi connectivity index (χ0v) is 9.25. The Morgan fingerprint density at radius 3 is 2.33 bits per heavy atom. The zero-order chi connectivity index (χ0) is 10.7. The van der Waals surface area contributed by atoms with Crippen LogP contribution in [0.5, 0.6) is 0 Å². The maximum Gasteiger partial charge on any atom is 0.123 e. The maximum absolute atomic E-state index is 12.8. The number of rotatable bonds is 3. The molecule has 1 aromatic carbocycles. The Morgan fingerprint density at radius 1 is 1.20 bits per heavy atom. The summed E-state index contributed by atoms with van der Waals surface area (Å²) >= 11 is 0. The molecule has 1 unspecified atom stereocenters. The van der Waals surface area contributed by atoms with Crippen LogP contribution in [0, 0.1) is 5.82 Å². The lowest BCUT2D eigenvalue weighted by Gasteiger charge is -2.26. The molecule has 0 amide bonds. The van der Waals surface area contributed by atoms with E-state index in [9.17, 15) is 4.39 Å². The normalized spacial score (nSPS) is 19.3. The van der Waals surface area contributed by atoms with Gasteiger partial charge in [0, 0.05) is 6.04 Å². The molecule has 1 fully saturated rings. The molecule has 2 heteroatoms. The summed E-state index contributed by atoms with van der Waals surface area (Å²) in [4.78, 5) is 2.51. The number of benzene rings is 1. The third kappa shape index (κ3) is 2.37. The standard InChI is InChI=1S/C13H18FN/c1-2-13(15-9-3-4-10-15)11-5-7-12(14)8-6-11/h5-8,13H,2-4,9-10H2,1H3. The lowest BCUT2D eigenvalue weighted by atomic mass is 10.0. The fraction of sp³-hybridized carbons (Fsp3) is 0.538. The van der Waals surface area contributed by atoms with Gasteiger partial charge in [-0.25, -0.2) is 4.39 Å². The van der Waals surface area contributed by atoms with Gasteiger partial charge in [-0.3, -0.25) is 4.90 Å². The summed E-state index contributed by atoms with van der Waals surface area (Å²) in [6.45, 7) is 4.58. The predicted molar refractivity (Wildman–Crippen MR) is 60.2 cm³/mol. The molecule has 0 aliphatic carbocycles. The van der Waals surface area contributed by atoms with Crippen LogP contribution >= 0.6 is 0 Å². The van der Waals surface area contributed by atoms with Gasteiger partial charge in [-0.15, -0.1) is 0 Å². The van der Waals surface area contributed by atoms with Gasteiger partial charge >= 0.3 is 0 Å². The number of nitrogens with zero attached hydrogens (tertiary/aromatic N) is 1. The monoisotopic (exact) mass is 207 g/mol. The maximum atomic E-state index is 12.8. The Balaban J connectivity index is 2.14. The predicted octanol–water partition coefficient (Wildman–Crippen LogP) is 3.37. The van der Waals surface area contributed by atoms with Gasteiger partial charge < -0.3 is 0 Å². The van der Waals surface area contributed by atoms with Crippen LogP contribution in [0.2, 0.25) is 0 Å². The zero-order valence-electron chi connectivity index (χ0n) is 9.25. The van der Waals surface area contributed by atoms with E-state index in [0.29, 0.717) is 6.04 Å². The van der Waals surface area contributed by atoms with E-state index in [1.165, 1.54) is 31.5 Å². The first-order valence-electron chi connectivity index (χ1n) is 5.81. The van der Waals surface area contributed by atoms with Crippen molar-refractivity contribution in [3.63, 3.8) is 0 Å². The third-order valence-electron chi connectivity index (χ3n) is 3.22. The Hall–Kier alpha value is -0.890. The average Bonchev–Trinajstić information content (AvgIpc) is 2.75. The Kier molecular flexibility index (Phi) is 3.37. The second kappa shape index (κ2) is 4.75. The minimum absolute atomic E-state index is 0.143. The van der Waals surface area contributed by atoms with Crippen molar-refractivity contribution in [3.05, 3.63) is 35.6 Å². The quantitative estimate of drug-likeness (QED) is 0.734. The molecule has 1 heterocycles. The Morgan fingerprint density at radius 2 is 1.80 bits per heavy atom. The van der Waals surface area contributed by atoms with Gasteiger partial charge in [0.2, 0.25) is 0 Å². The highest BCUT2D eigenvalue weighted by atomic mass is 19.1.